The molecule has 2 aliphatic heterocycles. The number of anilines is 1. The van der Waals surface area contributed by atoms with Crippen LogP contribution in [0.15, 0.2) is 18.2 Å². The van der Waals surface area contributed by atoms with E-state index in [4.69, 9.17) is 5.11 Å². The highest BCUT2D eigenvalue weighted by atomic mass is 32.1. The molecule has 1 aromatic carbocycles. The Balaban J connectivity index is 1.64. The second kappa shape index (κ2) is 7.43. The van der Waals surface area contributed by atoms with E-state index in [9.17, 15) is 29.4 Å². The molecule has 10 nitrogen and oxygen atoms in total. The van der Waals surface area contributed by atoms with E-state index in [0.717, 1.165) is 11.3 Å². The molecule has 1 aromatic heterocycles. The number of phenols is 1. The van der Waals surface area contributed by atoms with Gasteiger partial charge in [-0.25, -0.2) is 9.59 Å². The first-order valence-electron chi connectivity index (χ1n) is 9.04. The number of aromatic hydroxyl groups is 1. The number of nitrogens with one attached hydrogen (secondary N) is 2. The van der Waals surface area contributed by atoms with Crippen LogP contribution >= 0.6 is 11.3 Å². The van der Waals surface area contributed by atoms with Gasteiger partial charge < -0.3 is 30.9 Å². The van der Waals surface area contributed by atoms with Crippen molar-refractivity contribution in [2.45, 2.75) is 19.0 Å². The normalized spacial score (nSPS) is 17.4. The second-order valence-corrected chi connectivity index (χ2v) is 8.02. The zero-order chi connectivity index (χ0) is 21.6. The van der Waals surface area contributed by atoms with E-state index in [1.54, 1.807) is 17.0 Å². The summed E-state index contributed by atoms with van der Waals surface area (Å²) in [6.45, 7) is 1.00. The van der Waals surface area contributed by atoms with Crippen molar-refractivity contribution in [1.29, 1.82) is 0 Å². The van der Waals surface area contributed by atoms with Crippen molar-refractivity contribution >= 4 is 40.1 Å². The maximum absolute atomic E-state index is 12.7. The van der Waals surface area contributed by atoms with Gasteiger partial charge in [-0.05, 0) is 30.2 Å². The fourth-order valence-corrected chi connectivity index (χ4v) is 5.17. The van der Waals surface area contributed by atoms with Gasteiger partial charge in [0.2, 0.25) is 0 Å². The summed E-state index contributed by atoms with van der Waals surface area (Å²) in [6.07, 6.45) is 0.391. The second-order valence-electron chi connectivity index (χ2n) is 6.97. The monoisotopic (exact) mass is 431 g/mol. The van der Waals surface area contributed by atoms with Crippen molar-refractivity contribution in [3.8, 4) is 5.75 Å². The largest absolute Gasteiger partial charge is 0.507 e. The summed E-state index contributed by atoms with van der Waals surface area (Å²) < 4.78 is 0. The van der Waals surface area contributed by atoms with Crippen LogP contribution in [0.25, 0.3) is 0 Å². The smallest absolute Gasteiger partial charge is 0.394 e. The summed E-state index contributed by atoms with van der Waals surface area (Å²) in [5.41, 5.74) is 1.37. The first-order valence-corrected chi connectivity index (χ1v) is 9.86. The number of rotatable bonds is 4. The number of amides is 2. The number of aliphatic carboxylic acids is 1. The van der Waals surface area contributed by atoms with E-state index in [2.05, 4.69) is 10.6 Å². The highest BCUT2D eigenvalue weighted by molar-refractivity contribution is 7.17. The lowest BCUT2D eigenvalue weighted by atomic mass is 9.99. The van der Waals surface area contributed by atoms with E-state index >= 15 is 0 Å². The molecule has 0 bridgehead atoms. The Morgan fingerprint density at radius 3 is 2.70 bits per heavy atom. The number of fused-ring (bicyclic) bond motifs is 2. The molecule has 0 aliphatic carbocycles. The summed E-state index contributed by atoms with van der Waals surface area (Å²) in [6, 6.07) is 4.48. The number of carboxylic acid groups (broad SMARTS) is 2. The van der Waals surface area contributed by atoms with E-state index < -0.39 is 23.9 Å². The molecule has 1 atom stereocenters. The number of thiophene rings is 1. The summed E-state index contributed by atoms with van der Waals surface area (Å²) in [5, 5.41) is 33.8. The molecule has 30 heavy (non-hydrogen) atoms. The molecule has 2 aromatic rings. The molecule has 2 amide bonds. The molecule has 5 N–H and O–H groups in total. The summed E-state index contributed by atoms with van der Waals surface area (Å²) in [7, 11) is 0. The van der Waals surface area contributed by atoms with E-state index in [-0.39, 0.29) is 34.3 Å². The number of carboxylic acids is 2. The Labute approximate surface area is 173 Å². The zero-order valence-corrected chi connectivity index (χ0v) is 16.3. The molecule has 156 valence electrons. The Hall–Kier alpha value is -3.44. The van der Waals surface area contributed by atoms with Gasteiger partial charge in [0, 0.05) is 18.0 Å². The number of hydrogen-bond donors (Lipinski definition) is 5. The molecule has 3 heterocycles. The van der Waals surface area contributed by atoms with Gasteiger partial charge in [0.25, 0.3) is 5.91 Å². The molecule has 4 rings (SSSR count). The third-order valence-electron chi connectivity index (χ3n) is 5.15. The molecule has 0 spiro atoms. The number of aromatic carboxylic acids is 1. The van der Waals surface area contributed by atoms with Gasteiger partial charge >= 0.3 is 17.8 Å². The van der Waals surface area contributed by atoms with Crippen LogP contribution in [0.4, 0.5) is 5.00 Å². The lowest BCUT2D eigenvalue weighted by Gasteiger charge is -2.28. The van der Waals surface area contributed by atoms with Crippen molar-refractivity contribution in [2.75, 3.05) is 18.4 Å². The predicted molar refractivity (Wildman–Crippen MR) is 105 cm³/mol. The topological polar surface area (TPSA) is 156 Å². The maximum Gasteiger partial charge on any atom is 0.394 e. The van der Waals surface area contributed by atoms with Crippen molar-refractivity contribution < 1.29 is 34.5 Å². The van der Waals surface area contributed by atoms with Crippen molar-refractivity contribution in [2.24, 2.45) is 0 Å². The molecule has 0 saturated carbocycles. The highest BCUT2D eigenvalue weighted by Gasteiger charge is 2.36. The Kier molecular flexibility index (Phi) is 4.92. The number of carbonyl (C=O) groups excluding carboxylic acids is 2. The molecule has 0 radical (unpaired) electrons. The Morgan fingerprint density at radius 2 is 2.03 bits per heavy atom. The van der Waals surface area contributed by atoms with Gasteiger partial charge in [0.05, 0.1) is 17.2 Å². The van der Waals surface area contributed by atoms with Crippen LogP contribution in [-0.2, 0) is 22.6 Å². The fraction of sp³-hybridized carbons (Fsp3) is 0.263. The van der Waals surface area contributed by atoms with Crippen LogP contribution in [0, 0.1) is 0 Å². The minimum absolute atomic E-state index is 0.0396. The summed E-state index contributed by atoms with van der Waals surface area (Å²) >= 11 is 0.990. The molecular formula is C19H17N3O7S. The third-order valence-corrected chi connectivity index (χ3v) is 6.41. The lowest BCUT2D eigenvalue weighted by Crippen LogP contribution is -2.38. The molecule has 0 fully saturated rings. The standard InChI is InChI=1S/C19H17N3O7S/c23-11-3-1-2-8-6-22(17(25)12(8)11)7-10-14-9(4-5-20-10)13(18(26)27)16(30-14)21-15(24)19(28)29/h1-3,10,20,23H,4-7H2,(H,21,24)(H,26,27)(H,28,29). The Morgan fingerprint density at radius 1 is 1.27 bits per heavy atom. The minimum atomic E-state index is -1.72. The Bertz CT molecular complexity index is 1090. The van der Waals surface area contributed by atoms with Crippen molar-refractivity contribution in [3.05, 3.63) is 45.3 Å². The maximum atomic E-state index is 12.7. The quantitative estimate of drug-likeness (QED) is 0.449. The van der Waals surface area contributed by atoms with Gasteiger partial charge in [-0.3, -0.25) is 9.59 Å². The summed E-state index contributed by atoms with van der Waals surface area (Å²) in [4.78, 5) is 49.1. The van der Waals surface area contributed by atoms with E-state index in [1.807, 2.05) is 0 Å². The van der Waals surface area contributed by atoms with Crippen molar-refractivity contribution in [3.63, 3.8) is 0 Å². The number of nitrogens with zero attached hydrogens (tertiary/aromatic N) is 1. The third kappa shape index (κ3) is 3.27. The van der Waals surface area contributed by atoms with Crippen LogP contribution in [0.3, 0.4) is 0 Å². The lowest BCUT2D eigenvalue weighted by molar-refractivity contribution is -0.147. The number of hydrogen-bond acceptors (Lipinski definition) is 7. The van der Waals surface area contributed by atoms with Gasteiger partial charge in [-0.15, -0.1) is 11.3 Å². The SMILES string of the molecule is O=C(O)C(=O)Nc1sc2c(c1C(=O)O)CCNC2CN1Cc2cccc(O)c2C1=O. The van der Waals surface area contributed by atoms with E-state index in [1.165, 1.54) is 6.07 Å². The number of phenolic OH excluding ortho intramolecular Hbond substituents is 1. The van der Waals surface area contributed by atoms with Crippen LogP contribution < -0.4 is 10.6 Å². The first kappa shape index (κ1) is 19.9. The molecule has 11 heteroatoms. The number of carbonyl (C=O) groups is 4. The highest BCUT2D eigenvalue weighted by Crippen LogP contribution is 2.41. The number of benzene rings is 1. The zero-order valence-electron chi connectivity index (χ0n) is 15.5. The minimum Gasteiger partial charge on any atom is -0.507 e. The fourth-order valence-electron chi connectivity index (χ4n) is 3.86. The van der Waals surface area contributed by atoms with Crippen LogP contribution in [0.5, 0.6) is 5.75 Å². The van der Waals surface area contributed by atoms with Gasteiger partial charge in [0.15, 0.2) is 0 Å². The molecule has 1 unspecified atom stereocenters. The van der Waals surface area contributed by atoms with E-state index in [0.29, 0.717) is 35.5 Å². The molecule has 0 saturated heterocycles. The molecular weight excluding hydrogens is 414 g/mol. The first-order chi connectivity index (χ1) is 14.3. The average molecular weight is 431 g/mol. The van der Waals surface area contributed by atoms with Crippen molar-refractivity contribution in [1.82, 2.24) is 10.2 Å². The molecule has 2 aliphatic rings. The van der Waals surface area contributed by atoms with Crippen LogP contribution in [-0.4, -0.2) is 57.1 Å². The van der Waals surface area contributed by atoms with Crippen LogP contribution in [0.2, 0.25) is 0 Å². The van der Waals surface area contributed by atoms with Gasteiger partial charge in [0.1, 0.15) is 10.8 Å². The van der Waals surface area contributed by atoms with Gasteiger partial charge in [-0.2, -0.15) is 0 Å². The summed E-state index contributed by atoms with van der Waals surface area (Å²) in [5.74, 6) is -4.69. The van der Waals surface area contributed by atoms with Crippen LogP contribution in [0.1, 0.15) is 42.8 Å². The predicted octanol–water partition coefficient (Wildman–Crippen LogP) is 1.02. The van der Waals surface area contributed by atoms with Gasteiger partial charge in [-0.1, -0.05) is 12.1 Å². The average Bonchev–Trinajstić information content (AvgIpc) is 3.21.